The Morgan fingerprint density at radius 3 is 1.98 bits per heavy atom. The molecule has 8 nitrogen and oxygen atoms in total. The van der Waals surface area contributed by atoms with Gasteiger partial charge in [-0.05, 0) is 28.8 Å². The number of thioether (sulfide) groups is 1. The highest BCUT2D eigenvalue weighted by Crippen LogP contribution is 2.41. The molecule has 0 radical (unpaired) electrons. The largest absolute Gasteiger partial charge is 0.431 e. The van der Waals surface area contributed by atoms with Gasteiger partial charge in [0.1, 0.15) is 5.69 Å². The number of nitrogens with zero attached hydrogens (tertiary/aromatic N) is 1. The Bertz CT molecular complexity index is 2030. The van der Waals surface area contributed by atoms with Crippen LogP contribution in [-0.4, -0.2) is 30.4 Å². The van der Waals surface area contributed by atoms with Crippen LogP contribution in [0.2, 0.25) is 0 Å². The lowest BCUT2D eigenvalue weighted by Crippen LogP contribution is -2.31. The monoisotopic (exact) mass is 704 g/mol. The molecular formula is C40H36N2O6S2. The Balaban J connectivity index is 1.09. The van der Waals surface area contributed by atoms with E-state index in [9.17, 15) is 13.5 Å². The molecule has 2 heterocycles. The summed E-state index contributed by atoms with van der Waals surface area (Å²) in [5, 5.41) is 10.1. The number of ether oxygens (including phenoxy) is 2. The van der Waals surface area contributed by atoms with Gasteiger partial charge in [0.15, 0.2) is 12.1 Å². The van der Waals surface area contributed by atoms with Gasteiger partial charge in [0.05, 0.1) is 23.7 Å². The molecule has 0 aliphatic carbocycles. The highest BCUT2D eigenvalue weighted by Gasteiger charge is 2.33. The van der Waals surface area contributed by atoms with Crippen LogP contribution in [-0.2, 0) is 32.6 Å². The number of hydrogen-bond acceptors (Lipinski definition) is 8. The van der Waals surface area contributed by atoms with E-state index in [4.69, 9.17) is 18.9 Å². The molecular weight excluding hydrogens is 669 g/mol. The molecule has 1 aliphatic heterocycles. The van der Waals surface area contributed by atoms with Crippen molar-refractivity contribution in [1.29, 1.82) is 0 Å². The summed E-state index contributed by atoms with van der Waals surface area (Å²) < 4.78 is 47.5. The van der Waals surface area contributed by atoms with E-state index < -0.39 is 16.3 Å². The smallest absolute Gasteiger partial charge is 0.256 e. The van der Waals surface area contributed by atoms with Crippen molar-refractivity contribution in [3.05, 3.63) is 162 Å². The predicted molar refractivity (Wildman–Crippen MR) is 193 cm³/mol. The Morgan fingerprint density at radius 2 is 1.32 bits per heavy atom. The number of aliphatic hydroxyl groups excluding tert-OH is 1. The minimum atomic E-state index is -3.63. The summed E-state index contributed by atoms with van der Waals surface area (Å²) in [5.41, 5.74) is 6.17. The SMILES string of the molecule is O=S(=O)(NCc1ccc(C2O[C@H](CSc3nc(-c4ccccc4)c(-c4ccccc4)o3)C[C@H](c3ccc(CO)cc3)O2)cc1)c1ccccc1. The summed E-state index contributed by atoms with van der Waals surface area (Å²) in [5.74, 6) is 1.30. The van der Waals surface area contributed by atoms with Gasteiger partial charge in [0.2, 0.25) is 10.0 Å². The number of rotatable bonds is 12. The Hall–Kier alpha value is -4.55. The van der Waals surface area contributed by atoms with E-state index in [1.165, 1.54) is 11.8 Å². The first-order valence-electron chi connectivity index (χ1n) is 16.3. The lowest BCUT2D eigenvalue weighted by Gasteiger charge is -2.36. The fourth-order valence-electron chi connectivity index (χ4n) is 5.78. The van der Waals surface area contributed by atoms with Gasteiger partial charge < -0.3 is 19.0 Å². The molecule has 1 fully saturated rings. The molecule has 0 bridgehead atoms. The second-order valence-electron chi connectivity index (χ2n) is 11.9. The molecule has 1 aliphatic rings. The van der Waals surface area contributed by atoms with Crippen LogP contribution in [0.15, 0.2) is 154 Å². The first kappa shape index (κ1) is 33.9. The highest BCUT2D eigenvalue weighted by molar-refractivity contribution is 7.99. The zero-order chi connectivity index (χ0) is 34.3. The van der Waals surface area contributed by atoms with E-state index in [1.807, 2.05) is 109 Å². The summed E-state index contributed by atoms with van der Waals surface area (Å²) in [6, 6.07) is 43.7. The van der Waals surface area contributed by atoms with Gasteiger partial charge >= 0.3 is 0 Å². The molecule has 7 rings (SSSR count). The minimum Gasteiger partial charge on any atom is -0.431 e. The summed E-state index contributed by atoms with van der Waals surface area (Å²) in [6.45, 7) is 0.117. The van der Waals surface area contributed by atoms with E-state index in [1.54, 1.807) is 30.3 Å². The van der Waals surface area contributed by atoms with Crippen molar-refractivity contribution in [2.45, 2.75) is 48.2 Å². The summed E-state index contributed by atoms with van der Waals surface area (Å²) in [4.78, 5) is 5.14. The van der Waals surface area contributed by atoms with Crippen LogP contribution >= 0.6 is 11.8 Å². The topological polar surface area (TPSA) is 111 Å². The molecule has 10 heteroatoms. The van der Waals surface area contributed by atoms with Crippen LogP contribution in [0.5, 0.6) is 0 Å². The number of hydrogen-bond donors (Lipinski definition) is 2. The van der Waals surface area contributed by atoms with Crippen molar-refractivity contribution >= 4 is 21.8 Å². The van der Waals surface area contributed by atoms with Gasteiger partial charge in [0, 0.05) is 35.4 Å². The minimum absolute atomic E-state index is 0.0310. The molecule has 2 N–H and O–H groups in total. The average molecular weight is 705 g/mol. The standard InChI is InChI=1S/C40H36N2O6S2/c43-26-29-18-20-30(21-19-29)36-24-34(27-49-40-42-37(31-10-4-1-5-11-31)38(48-40)32-12-6-2-7-13-32)46-39(47-36)33-22-16-28(17-23-33)25-41-50(44,45)35-14-8-3-9-15-35/h1-23,34,36,39,41,43H,24-27H2/t34-,36+,39?/m0/s1. The van der Waals surface area contributed by atoms with Gasteiger partial charge in [-0.25, -0.2) is 18.1 Å². The Morgan fingerprint density at radius 1 is 0.720 bits per heavy atom. The molecule has 254 valence electrons. The van der Waals surface area contributed by atoms with Crippen molar-refractivity contribution in [1.82, 2.24) is 9.71 Å². The van der Waals surface area contributed by atoms with Crippen LogP contribution in [0.1, 0.15) is 41.1 Å². The van der Waals surface area contributed by atoms with Crippen LogP contribution in [0.25, 0.3) is 22.6 Å². The molecule has 0 spiro atoms. The number of aliphatic hydroxyl groups is 1. The van der Waals surface area contributed by atoms with Crippen LogP contribution in [0, 0.1) is 0 Å². The molecule has 50 heavy (non-hydrogen) atoms. The van der Waals surface area contributed by atoms with E-state index in [2.05, 4.69) is 4.72 Å². The lowest BCUT2D eigenvalue weighted by atomic mass is 10.0. The zero-order valence-electron chi connectivity index (χ0n) is 27.1. The second-order valence-corrected chi connectivity index (χ2v) is 14.7. The molecule has 1 saturated heterocycles. The van der Waals surface area contributed by atoms with Crippen LogP contribution < -0.4 is 4.72 Å². The van der Waals surface area contributed by atoms with E-state index >= 15 is 0 Å². The summed E-state index contributed by atoms with van der Waals surface area (Å²) >= 11 is 1.50. The average Bonchev–Trinajstić information content (AvgIpc) is 3.62. The third kappa shape index (κ3) is 8.08. The summed E-state index contributed by atoms with van der Waals surface area (Å²) in [7, 11) is -3.63. The quantitative estimate of drug-likeness (QED) is 0.122. The number of oxazole rings is 1. The fraction of sp³-hybridized carbons (Fsp3) is 0.175. The number of nitrogens with one attached hydrogen (secondary N) is 1. The molecule has 0 amide bonds. The lowest BCUT2D eigenvalue weighted by molar-refractivity contribution is -0.245. The first-order valence-corrected chi connectivity index (χ1v) is 18.8. The van der Waals surface area contributed by atoms with Crippen molar-refractivity contribution in [2.24, 2.45) is 0 Å². The zero-order valence-corrected chi connectivity index (χ0v) is 28.7. The first-order chi connectivity index (χ1) is 24.4. The predicted octanol–water partition coefficient (Wildman–Crippen LogP) is 8.32. The molecule has 5 aromatic carbocycles. The van der Waals surface area contributed by atoms with Crippen LogP contribution in [0.4, 0.5) is 0 Å². The molecule has 1 unspecified atom stereocenters. The normalized spacial score (nSPS) is 17.8. The molecule has 3 atom stereocenters. The second kappa shape index (κ2) is 15.6. The van der Waals surface area contributed by atoms with E-state index in [0.717, 1.165) is 44.8 Å². The maximum absolute atomic E-state index is 12.7. The van der Waals surface area contributed by atoms with Gasteiger partial charge in [-0.15, -0.1) is 0 Å². The van der Waals surface area contributed by atoms with Gasteiger partial charge in [-0.1, -0.05) is 139 Å². The van der Waals surface area contributed by atoms with Crippen molar-refractivity contribution in [3.8, 4) is 22.6 Å². The number of benzene rings is 5. The maximum Gasteiger partial charge on any atom is 0.256 e. The van der Waals surface area contributed by atoms with Crippen molar-refractivity contribution in [2.75, 3.05) is 5.75 Å². The Kier molecular flexibility index (Phi) is 10.6. The van der Waals surface area contributed by atoms with Gasteiger partial charge in [-0.2, -0.15) is 0 Å². The maximum atomic E-state index is 12.7. The van der Waals surface area contributed by atoms with E-state index in [0.29, 0.717) is 17.4 Å². The number of aromatic nitrogens is 1. The number of sulfonamides is 1. The van der Waals surface area contributed by atoms with Crippen molar-refractivity contribution in [3.63, 3.8) is 0 Å². The third-order valence-electron chi connectivity index (χ3n) is 8.47. The summed E-state index contributed by atoms with van der Waals surface area (Å²) in [6.07, 6.45) is -0.505. The van der Waals surface area contributed by atoms with Crippen molar-refractivity contribution < 1.29 is 27.4 Å². The van der Waals surface area contributed by atoms with E-state index in [-0.39, 0.29) is 30.3 Å². The Labute approximate surface area is 296 Å². The third-order valence-corrected chi connectivity index (χ3v) is 10.8. The van der Waals surface area contributed by atoms with Gasteiger partial charge in [0.25, 0.3) is 5.22 Å². The highest BCUT2D eigenvalue weighted by atomic mass is 32.2. The molecule has 0 saturated carbocycles. The fourth-order valence-corrected chi connectivity index (χ4v) is 7.66. The van der Waals surface area contributed by atoms with Crippen LogP contribution in [0.3, 0.4) is 0 Å². The molecule has 6 aromatic rings. The molecule has 1 aromatic heterocycles. The van der Waals surface area contributed by atoms with Gasteiger partial charge in [-0.3, -0.25) is 0 Å².